The summed E-state index contributed by atoms with van der Waals surface area (Å²) in [6.45, 7) is 1.89. The quantitative estimate of drug-likeness (QED) is 0.430. The lowest BCUT2D eigenvalue weighted by Gasteiger charge is -2.31. The van der Waals surface area contributed by atoms with E-state index in [1.54, 1.807) is 23.8 Å². The number of esters is 1. The van der Waals surface area contributed by atoms with Crippen molar-refractivity contribution in [2.75, 3.05) is 0 Å². The van der Waals surface area contributed by atoms with Crippen molar-refractivity contribution in [1.82, 2.24) is 19.7 Å². The maximum Gasteiger partial charge on any atom is 0.343 e. The lowest BCUT2D eigenvalue weighted by atomic mass is 9.86. The Morgan fingerprint density at radius 1 is 1.26 bits per heavy atom. The van der Waals surface area contributed by atoms with Crippen LogP contribution in [0.3, 0.4) is 0 Å². The predicted molar refractivity (Wildman–Crippen MR) is 112 cm³/mol. The van der Waals surface area contributed by atoms with E-state index in [0.717, 1.165) is 27.6 Å². The molecule has 0 saturated heterocycles. The molecule has 1 aromatic carbocycles. The molecule has 0 fully saturated rings. The Kier molecular flexibility index (Phi) is 3.56. The van der Waals surface area contributed by atoms with Crippen LogP contribution >= 0.6 is 0 Å². The standard InChI is InChI=1S/C23H18N4O4/c1-2-23(30)16-7-18-20-14(10-27(18)21(28)15(16)11-31-22(23)29)19(12-8-24-25-9-12)13-5-3-4-6-17(13)26-20/h3-9,30H,2,10-11H2,1H3,(H,24,25)/t23-/m0/s1. The minimum absolute atomic E-state index is 0.111. The Morgan fingerprint density at radius 2 is 2.10 bits per heavy atom. The van der Waals surface area contributed by atoms with E-state index in [0.29, 0.717) is 29.1 Å². The lowest BCUT2D eigenvalue weighted by Crippen LogP contribution is -2.44. The van der Waals surface area contributed by atoms with Crippen molar-refractivity contribution in [3.8, 4) is 22.5 Å². The highest BCUT2D eigenvalue weighted by Crippen LogP contribution is 2.42. The normalized spacial score (nSPS) is 19.1. The van der Waals surface area contributed by atoms with E-state index in [4.69, 9.17) is 9.72 Å². The zero-order chi connectivity index (χ0) is 21.3. The number of para-hydroxylation sites is 1. The van der Waals surface area contributed by atoms with E-state index in [1.807, 2.05) is 30.5 Å². The molecule has 6 rings (SSSR count). The number of cyclic esters (lactones) is 1. The van der Waals surface area contributed by atoms with Gasteiger partial charge in [-0.05, 0) is 18.6 Å². The Balaban J connectivity index is 1.70. The van der Waals surface area contributed by atoms with Crippen LogP contribution in [0.1, 0.15) is 30.0 Å². The summed E-state index contributed by atoms with van der Waals surface area (Å²) in [5.74, 6) is -0.726. The second kappa shape index (κ2) is 6.12. The van der Waals surface area contributed by atoms with Crippen LogP contribution in [-0.2, 0) is 28.3 Å². The van der Waals surface area contributed by atoms with Gasteiger partial charge in [-0.25, -0.2) is 9.78 Å². The monoisotopic (exact) mass is 414 g/mol. The average Bonchev–Trinajstić information content (AvgIpc) is 3.43. The first kappa shape index (κ1) is 18.0. The fourth-order valence-electron chi connectivity index (χ4n) is 4.75. The van der Waals surface area contributed by atoms with Crippen LogP contribution in [0, 0.1) is 0 Å². The number of hydrogen-bond donors (Lipinski definition) is 2. The molecular weight excluding hydrogens is 396 g/mol. The first-order valence-electron chi connectivity index (χ1n) is 10.1. The minimum Gasteiger partial charge on any atom is -0.458 e. The van der Waals surface area contributed by atoms with Gasteiger partial charge < -0.3 is 14.4 Å². The predicted octanol–water partition coefficient (Wildman–Crippen LogP) is 2.47. The molecule has 2 aliphatic rings. The third-order valence-corrected chi connectivity index (χ3v) is 6.38. The number of pyridine rings is 2. The van der Waals surface area contributed by atoms with Gasteiger partial charge in [-0.3, -0.25) is 9.89 Å². The van der Waals surface area contributed by atoms with Crippen molar-refractivity contribution < 1.29 is 14.6 Å². The molecule has 31 heavy (non-hydrogen) atoms. The Labute approximate surface area is 176 Å². The summed E-state index contributed by atoms with van der Waals surface area (Å²) in [5.41, 5.74) is 3.36. The van der Waals surface area contributed by atoms with Crippen molar-refractivity contribution in [3.63, 3.8) is 0 Å². The molecule has 8 heteroatoms. The van der Waals surface area contributed by atoms with Gasteiger partial charge in [0.25, 0.3) is 5.56 Å². The minimum atomic E-state index is -1.84. The zero-order valence-corrected chi connectivity index (χ0v) is 16.7. The molecule has 0 amide bonds. The number of aliphatic hydroxyl groups is 1. The number of aromatic amines is 1. The van der Waals surface area contributed by atoms with Crippen molar-refractivity contribution in [2.24, 2.45) is 0 Å². The third kappa shape index (κ3) is 2.28. The number of H-pyrrole nitrogens is 1. The topological polar surface area (TPSA) is 110 Å². The summed E-state index contributed by atoms with van der Waals surface area (Å²) in [7, 11) is 0. The first-order valence-corrected chi connectivity index (χ1v) is 10.1. The third-order valence-electron chi connectivity index (χ3n) is 6.38. The van der Waals surface area contributed by atoms with Crippen molar-refractivity contribution in [2.45, 2.75) is 32.1 Å². The van der Waals surface area contributed by atoms with Crippen molar-refractivity contribution in [3.05, 3.63) is 69.8 Å². The number of fused-ring (bicyclic) bond motifs is 5. The molecule has 5 heterocycles. The molecule has 8 nitrogen and oxygen atoms in total. The highest BCUT2D eigenvalue weighted by atomic mass is 16.6. The van der Waals surface area contributed by atoms with Gasteiger partial charge in [0.15, 0.2) is 5.60 Å². The summed E-state index contributed by atoms with van der Waals surface area (Å²) >= 11 is 0. The summed E-state index contributed by atoms with van der Waals surface area (Å²) in [4.78, 5) is 30.6. The van der Waals surface area contributed by atoms with Crippen LogP contribution in [0.25, 0.3) is 33.4 Å². The molecule has 3 aromatic heterocycles. The van der Waals surface area contributed by atoms with E-state index in [2.05, 4.69) is 10.2 Å². The summed E-state index contributed by atoms with van der Waals surface area (Å²) in [6.07, 6.45) is 3.68. The van der Waals surface area contributed by atoms with Crippen molar-refractivity contribution >= 4 is 16.9 Å². The number of carbonyl (C=O) groups excluding carboxylic acids is 1. The first-order chi connectivity index (χ1) is 15.0. The number of ether oxygens (including phenoxy) is 1. The van der Waals surface area contributed by atoms with Crippen LogP contribution in [-0.4, -0.2) is 30.8 Å². The van der Waals surface area contributed by atoms with Gasteiger partial charge >= 0.3 is 5.97 Å². The fourth-order valence-corrected chi connectivity index (χ4v) is 4.75. The number of benzene rings is 1. The van der Waals surface area contributed by atoms with Gasteiger partial charge in [0, 0.05) is 33.8 Å². The zero-order valence-electron chi connectivity index (χ0n) is 16.7. The molecule has 0 saturated carbocycles. The number of rotatable bonds is 2. The Morgan fingerprint density at radius 3 is 2.87 bits per heavy atom. The summed E-state index contributed by atoms with van der Waals surface area (Å²) < 4.78 is 6.79. The number of hydrogen-bond acceptors (Lipinski definition) is 6. The second-order valence-corrected chi connectivity index (χ2v) is 7.92. The van der Waals surface area contributed by atoms with Gasteiger partial charge in [0.05, 0.1) is 35.2 Å². The van der Waals surface area contributed by atoms with Crippen LogP contribution in [0.2, 0.25) is 0 Å². The van der Waals surface area contributed by atoms with E-state index in [-0.39, 0.29) is 18.6 Å². The van der Waals surface area contributed by atoms with Gasteiger partial charge in [0.2, 0.25) is 0 Å². The smallest absolute Gasteiger partial charge is 0.343 e. The molecule has 2 aliphatic heterocycles. The Hall–Kier alpha value is -3.78. The van der Waals surface area contributed by atoms with Crippen LogP contribution in [0.4, 0.5) is 0 Å². The molecule has 1 atom stereocenters. The molecule has 154 valence electrons. The van der Waals surface area contributed by atoms with Gasteiger partial charge in [0.1, 0.15) is 6.61 Å². The number of aromatic nitrogens is 4. The largest absolute Gasteiger partial charge is 0.458 e. The summed E-state index contributed by atoms with van der Waals surface area (Å²) in [5, 5.41) is 19.0. The molecular formula is C23H18N4O4. The van der Waals surface area contributed by atoms with Gasteiger partial charge in [-0.2, -0.15) is 5.10 Å². The number of nitrogens with one attached hydrogen (secondary N) is 1. The molecule has 4 aromatic rings. The number of nitrogens with zero attached hydrogens (tertiary/aromatic N) is 3. The second-order valence-electron chi connectivity index (χ2n) is 7.92. The van der Waals surface area contributed by atoms with E-state index < -0.39 is 11.6 Å². The van der Waals surface area contributed by atoms with Crippen LogP contribution < -0.4 is 5.56 Å². The molecule has 2 N–H and O–H groups in total. The average molecular weight is 414 g/mol. The molecule has 0 spiro atoms. The molecule has 0 unspecified atom stereocenters. The maximum atomic E-state index is 13.4. The van der Waals surface area contributed by atoms with Gasteiger partial charge in [-0.15, -0.1) is 0 Å². The van der Waals surface area contributed by atoms with E-state index in [1.165, 1.54) is 0 Å². The maximum absolute atomic E-state index is 13.4. The fraction of sp³-hybridized carbons (Fsp3) is 0.217. The number of carbonyl (C=O) groups is 1. The highest BCUT2D eigenvalue weighted by Gasteiger charge is 2.45. The van der Waals surface area contributed by atoms with Crippen LogP contribution in [0.15, 0.2) is 47.5 Å². The Bertz CT molecular complexity index is 1450. The summed E-state index contributed by atoms with van der Waals surface area (Å²) in [6, 6.07) is 9.54. The van der Waals surface area contributed by atoms with Crippen LogP contribution in [0.5, 0.6) is 0 Å². The molecule has 0 aliphatic carbocycles. The van der Waals surface area contributed by atoms with Crippen molar-refractivity contribution in [1.29, 1.82) is 0 Å². The highest BCUT2D eigenvalue weighted by molar-refractivity contribution is 5.99. The van der Waals surface area contributed by atoms with E-state index in [9.17, 15) is 14.7 Å². The van der Waals surface area contributed by atoms with E-state index >= 15 is 0 Å². The molecule has 0 bridgehead atoms. The molecule has 0 radical (unpaired) electrons. The van der Waals surface area contributed by atoms with Gasteiger partial charge in [-0.1, -0.05) is 25.1 Å². The lowest BCUT2D eigenvalue weighted by molar-refractivity contribution is -0.172. The SMILES string of the molecule is CC[C@@]1(O)C(=O)OCc2c1cc1n(c2=O)Cc2c-1nc1ccccc1c2-c1cn[nH]c1.